The van der Waals surface area contributed by atoms with Crippen LogP contribution in [-0.4, -0.2) is 58.7 Å². The zero-order chi connectivity index (χ0) is 18.7. The first-order chi connectivity index (χ1) is 12.6. The highest BCUT2D eigenvalue weighted by Crippen LogP contribution is 2.41. The summed E-state index contributed by atoms with van der Waals surface area (Å²) in [5, 5.41) is 23.4. The standard InChI is InChI=1S/C15H15N5O4S2/c1-17-7-3-8-10(25-6-18-8)4-11(7)26-15-14(23-2)12(19-20-16)13(22)9(5-21)24-15/h3-4,6,9,12-15,21-22H,5H2,2H3/t9?,12?,13-,14-,15+/m0/s1. The second kappa shape index (κ2) is 8.20. The average molecular weight is 393 g/mol. The van der Waals surface area contributed by atoms with Crippen LogP contribution < -0.4 is 0 Å². The van der Waals surface area contributed by atoms with Gasteiger partial charge in [-0.15, -0.1) is 23.1 Å². The molecule has 11 heteroatoms. The number of hydrogen-bond acceptors (Lipinski definition) is 8. The number of ether oxygens (including phenoxy) is 2. The normalized spacial score (nSPS) is 28.5. The summed E-state index contributed by atoms with van der Waals surface area (Å²) in [6.07, 6.45) is -2.86. The molecular weight excluding hydrogens is 378 g/mol. The summed E-state index contributed by atoms with van der Waals surface area (Å²) in [6.45, 7) is 6.97. The van der Waals surface area contributed by atoms with E-state index in [0.717, 1.165) is 10.2 Å². The van der Waals surface area contributed by atoms with E-state index < -0.39 is 36.4 Å². The number of nitrogens with zero attached hydrogens (tertiary/aromatic N) is 5. The number of fused-ring (bicyclic) bond motifs is 1. The van der Waals surface area contributed by atoms with Gasteiger partial charge in [-0.3, -0.25) is 0 Å². The van der Waals surface area contributed by atoms with Gasteiger partial charge in [0.15, 0.2) is 0 Å². The summed E-state index contributed by atoms with van der Waals surface area (Å²) in [4.78, 5) is 11.2. The predicted octanol–water partition coefficient (Wildman–Crippen LogP) is 2.71. The fraction of sp³-hybridized carbons (Fsp3) is 0.467. The van der Waals surface area contributed by atoms with Gasteiger partial charge in [0.1, 0.15) is 17.6 Å². The van der Waals surface area contributed by atoms with Gasteiger partial charge in [0.05, 0.1) is 41.1 Å². The van der Waals surface area contributed by atoms with Gasteiger partial charge in [-0.05, 0) is 17.7 Å². The summed E-state index contributed by atoms with van der Waals surface area (Å²) in [7, 11) is 1.43. The topological polar surface area (TPSA) is 125 Å². The minimum Gasteiger partial charge on any atom is -0.394 e. The van der Waals surface area contributed by atoms with Crippen LogP contribution in [0.4, 0.5) is 5.69 Å². The lowest BCUT2D eigenvalue weighted by atomic mass is 9.98. The van der Waals surface area contributed by atoms with Crippen molar-refractivity contribution in [3.05, 3.63) is 39.5 Å². The molecule has 0 spiro atoms. The fourth-order valence-electron chi connectivity index (χ4n) is 2.78. The van der Waals surface area contributed by atoms with Crippen LogP contribution in [0.3, 0.4) is 0 Å². The Morgan fingerprint density at radius 2 is 2.35 bits per heavy atom. The lowest BCUT2D eigenvalue weighted by molar-refractivity contribution is -0.167. The molecule has 136 valence electrons. The van der Waals surface area contributed by atoms with Gasteiger partial charge < -0.3 is 19.7 Å². The maximum atomic E-state index is 10.3. The van der Waals surface area contributed by atoms with Crippen LogP contribution >= 0.6 is 23.1 Å². The van der Waals surface area contributed by atoms with Crippen LogP contribution in [-0.2, 0) is 9.47 Å². The zero-order valence-corrected chi connectivity index (χ0v) is 15.2. The summed E-state index contributed by atoms with van der Waals surface area (Å²) >= 11 is 2.69. The quantitative estimate of drug-likeness (QED) is 0.348. The van der Waals surface area contributed by atoms with Gasteiger partial charge in [0.2, 0.25) is 5.69 Å². The highest BCUT2D eigenvalue weighted by Gasteiger charge is 2.45. The molecule has 1 aliphatic rings. The third-order valence-corrected chi connectivity index (χ3v) is 6.04. The van der Waals surface area contributed by atoms with E-state index in [-0.39, 0.29) is 0 Å². The molecule has 0 amide bonds. The van der Waals surface area contributed by atoms with E-state index in [1.807, 2.05) is 6.07 Å². The maximum absolute atomic E-state index is 10.3. The number of thioether (sulfide) groups is 1. The highest BCUT2D eigenvalue weighted by atomic mass is 32.2. The molecular formula is C15H15N5O4S2. The molecule has 1 fully saturated rings. The van der Waals surface area contributed by atoms with Crippen molar-refractivity contribution < 1.29 is 19.7 Å². The molecule has 0 radical (unpaired) electrons. The number of aliphatic hydroxyl groups is 2. The third kappa shape index (κ3) is 3.49. The van der Waals surface area contributed by atoms with Gasteiger partial charge >= 0.3 is 0 Å². The lowest BCUT2D eigenvalue weighted by Gasteiger charge is -2.41. The Morgan fingerprint density at radius 3 is 3.00 bits per heavy atom. The first-order valence-electron chi connectivity index (χ1n) is 7.55. The monoisotopic (exact) mass is 393 g/mol. The number of hydrogen-bond donors (Lipinski definition) is 2. The lowest BCUT2D eigenvalue weighted by Crippen LogP contribution is -2.57. The van der Waals surface area contributed by atoms with Crippen molar-refractivity contribution in [2.45, 2.75) is 34.7 Å². The smallest absolute Gasteiger partial charge is 0.202 e. The van der Waals surface area contributed by atoms with Crippen molar-refractivity contribution in [1.29, 1.82) is 0 Å². The molecule has 0 bridgehead atoms. The number of rotatable bonds is 5. The van der Waals surface area contributed by atoms with E-state index in [1.54, 1.807) is 11.6 Å². The van der Waals surface area contributed by atoms with Crippen molar-refractivity contribution in [2.75, 3.05) is 13.7 Å². The van der Waals surface area contributed by atoms with Gasteiger partial charge in [0.25, 0.3) is 0 Å². The van der Waals surface area contributed by atoms with Crippen molar-refractivity contribution in [1.82, 2.24) is 4.98 Å². The molecule has 5 atom stereocenters. The Kier molecular flexibility index (Phi) is 5.95. The minimum absolute atomic E-state index is 0.416. The Labute approximate surface area is 157 Å². The van der Waals surface area contributed by atoms with Gasteiger partial charge in [-0.25, -0.2) is 9.83 Å². The SMILES string of the molecule is [C-]#[N+]c1cc2ncsc2cc1S[C@H]1OC(CO)[C@H](O)C(N=[N+]=[N-])[C@@H]1OC. The summed E-state index contributed by atoms with van der Waals surface area (Å²) in [6, 6.07) is 2.63. The number of azide groups is 1. The van der Waals surface area contributed by atoms with Crippen LogP contribution in [0.5, 0.6) is 0 Å². The second-order valence-electron chi connectivity index (χ2n) is 5.48. The first-order valence-corrected chi connectivity index (χ1v) is 9.31. The van der Waals surface area contributed by atoms with Crippen molar-refractivity contribution in [3.63, 3.8) is 0 Å². The number of aliphatic hydroxyl groups excluding tert-OH is 2. The Bertz CT molecular complexity index is 879. The van der Waals surface area contributed by atoms with Gasteiger partial charge in [0, 0.05) is 16.9 Å². The number of methoxy groups -OCH3 is 1. The molecule has 1 aromatic carbocycles. The summed E-state index contributed by atoms with van der Waals surface area (Å²) in [5.41, 5.74) is 11.0. The molecule has 0 saturated carbocycles. The zero-order valence-electron chi connectivity index (χ0n) is 13.6. The first kappa shape index (κ1) is 18.9. The van der Waals surface area contributed by atoms with Crippen LogP contribution in [0.1, 0.15) is 0 Å². The molecule has 2 aromatic rings. The van der Waals surface area contributed by atoms with E-state index in [1.165, 1.54) is 30.2 Å². The molecule has 3 rings (SSSR count). The third-order valence-electron chi connectivity index (χ3n) is 4.06. The Balaban J connectivity index is 1.96. The molecule has 9 nitrogen and oxygen atoms in total. The van der Waals surface area contributed by atoms with Crippen molar-refractivity contribution in [2.24, 2.45) is 5.11 Å². The largest absolute Gasteiger partial charge is 0.394 e. The van der Waals surface area contributed by atoms with Gasteiger partial charge in [-0.1, -0.05) is 5.11 Å². The molecule has 0 aliphatic carbocycles. The number of aromatic nitrogens is 1. The highest BCUT2D eigenvalue weighted by molar-refractivity contribution is 8.00. The van der Waals surface area contributed by atoms with Crippen LogP contribution in [0.2, 0.25) is 0 Å². The summed E-state index contributed by atoms with van der Waals surface area (Å²) in [5.74, 6) is 0. The van der Waals surface area contributed by atoms with Crippen molar-refractivity contribution >= 4 is 39.0 Å². The molecule has 1 saturated heterocycles. The van der Waals surface area contributed by atoms with E-state index >= 15 is 0 Å². The molecule has 1 aliphatic heterocycles. The number of benzene rings is 1. The predicted molar refractivity (Wildman–Crippen MR) is 97.2 cm³/mol. The minimum atomic E-state index is -1.19. The average Bonchev–Trinajstić information content (AvgIpc) is 3.11. The van der Waals surface area contributed by atoms with Crippen LogP contribution in [0.15, 0.2) is 27.7 Å². The van der Waals surface area contributed by atoms with E-state index in [4.69, 9.17) is 21.6 Å². The molecule has 2 N–H and O–H groups in total. The fourth-order valence-corrected chi connectivity index (χ4v) is 4.82. The van der Waals surface area contributed by atoms with Gasteiger partial charge in [-0.2, -0.15) is 0 Å². The molecule has 2 heterocycles. The summed E-state index contributed by atoms with van der Waals surface area (Å²) < 4.78 is 12.1. The Morgan fingerprint density at radius 1 is 1.54 bits per heavy atom. The second-order valence-corrected chi connectivity index (χ2v) is 7.51. The van der Waals surface area contributed by atoms with Crippen LogP contribution in [0, 0.1) is 6.57 Å². The number of thiazole rings is 1. The molecule has 2 unspecified atom stereocenters. The molecule has 26 heavy (non-hydrogen) atoms. The maximum Gasteiger partial charge on any atom is 0.202 e. The van der Waals surface area contributed by atoms with Crippen LogP contribution in [0.25, 0.3) is 25.5 Å². The molecule has 1 aromatic heterocycles. The Hall–Kier alpha value is -1.90. The van der Waals surface area contributed by atoms with E-state index in [0.29, 0.717) is 10.6 Å². The van der Waals surface area contributed by atoms with Crippen molar-refractivity contribution in [3.8, 4) is 0 Å². The van der Waals surface area contributed by atoms with E-state index in [2.05, 4.69) is 19.9 Å². The van der Waals surface area contributed by atoms with E-state index in [9.17, 15) is 10.2 Å².